The summed E-state index contributed by atoms with van der Waals surface area (Å²) in [7, 11) is -3.10. The van der Waals surface area contributed by atoms with E-state index in [1.165, 1.54) is 25.1 Å². The predicted octanol–water partition coefficient (Wildman–Crippen LogP) is 0.859. The lowest BCUT2D eigenvalue weighted by Crippen LogP contribution is -2.49. The van der Waals surface area contributed by atoms with Crippen LogP contribution in [0.3, 0.4) is 0 Å². The Morgan fingerprint density at radius 1 is 1.38 bits per heavy atom. The molecule has 2 rings (SSSR count). The maximum atomic E-state index is 12.0. The van der Waals surface area contributed by atoms with Crippen LogP contribution in [-0.2, 0) is 14.6 Å². The third-order valence-electron chi connectivity index (χ3n) is 3.53. The summed E-state index contributed by atoms with van der Waals surface area (Å²) in [5.41, 5.74) is 0.128. The summed E-state index contributed by atoms with van der Waals surface area (Å²) in [5, 5.41) is 17.4. The third-order valence-corrected chi connectivity index (χ3v) is 5.53. The number of anilines is 1. The van der Waals surface area contributed by atoms with Gasteiger partial charge in [-0.2, -0.15) is 0 Å². The number of phenolic OH excluding ortho intramolecular Hbond substituents is 1. The molecule has 132 valence electrons. The summed E-state index contributed by atoms with van der Waals surface area (Å²) in [6, 6.07) is 2.20. The molecule has 1 saturated heterocycles. The Morgan fingerprint density at radius 3 is 2.71 bits per heavy atom. The Labute approximate surface area is 144 Å². The average molecular weight is 376 g/mol. The van der Waals surface area contributed by atoms with Crippen LogP contribution in [-0.4, -0.2) is 49.1 Å². The second-order valence-corrected chi connectivity index (χ2v) is 8.26. The zero-order valence-electron chi connectivity index (χ0n) is 12.9. The summed E-state index contributed by atoms with van der Waals surface area (Å²) < 4.78 is 22.7. The Hall–Kier alpha value is -2.00. The Morgan fingerprint density at radius 2 is 2.08 bits per heavy atom. The highest BCUT2D eigenvalue weighted by Crippen LogP contribution is 2.26. The van der Waals surface area contributed by atoms with E-state index in [0.29, 0.717) is 11.4 Å². The van der Waals surface area contributed by atoms with Crippen LogP contribution in [0.15, 0.2) is 18.2 Å². The summed E-state index contributed by atoms with van der Waals surface area (Å²) in [4.78, 5) is 23.9. The van der Waals surface area contributed by atoms with E-state index >= 15 is 0 Å². The van der Waals surface area contributed by atoms with E-state index in [1.54, 1.807) is 0 Å². The van der Waals surface area contributed by atoms with E-state index in [-0.39, 0.29) is 22.9 Å². The van der Waals surface area contributed by atoms with Gasteiger partial charge in [0.05, 0.1) is 17.2 Å². The zero-order valence-corrected chi connectivity index (χ0v) is 14.4. The van der Waals surface area contributed by atoms with Crippen LogP contribution in [0.1, 0.15) is 13.3 Å². The fourth-order valence-corrected chi connectivity index (χ4v) is 4.09. The number of sulfone groups is 1. The summed E-state index contributed by atoms with van der Waals surface area (Å²) in [5.74, 6) is -0.762. The SMILES string of the molecule is C[C@H](NC(=O)N[C@H]1CCS(=O)(=O)C1)C(=O)Nc1cc(Cl)ccc1O. The molecule has 2 atom stereocenters. The average Bonchev–Trinajstić information content (AvgIpc) is 2.81. The number of nitrogens with one attached hydrogen (secondary N) is 3. The highest BCUT2D eigenvalue weighted by Gasteiger charge is 2.29. The molecule has 24 heavy (non-hydrogen) atoms. The van der Waals surface area contributed by atoms with Crippen molar-refractivity contribution in [2.45, 2.75) is 25.4 Å². The van der Waals surface area contributed by atoms with Gasteiger partial charge in [-0.25, -0.2) is 13.2 Å². The van der Waals surface area contributed by atoms with Crippen LogP contribution in [0.4, 0.5) is 10.5 Å². The second kappa shape index (κ2) is 7.27. The number of carbonyl (C=O) groups is 2. The number of rotatable bonds is 4. The monoisotopic (exact) mass is 375 g/mol. The van der Waals surface area contributed by atoms with Crippen molar-refractivity contribution < 1.29 is 23.1 Å². The second-order valence-electron chi connectivity index (χ2n) is 5.59. The maximum absolute atomic E-state index is 12.0. The molecule has 8 nitrogen and oxygen atoms in total. The van der Waals surface area contributed by atoms with Crippen molar-refractivity contribution in [1.29, 1.82) is 0 Å². The first kappa shape index (κ1) is 18.3. The van der Waals surface area contributed by atoms with Crippen molar-refractivity contribution >= 4 is 39.1 Å². The molecule has 1 heterocycles. The van der Waals surface area contributed by atoms with E-state index in [9.17, 15) is 23.1 Å². The number of carbonyl (C=O) groups excluding carboxylic acids is 2. The molecule has 0 saturated carbocycles. The van der Waals surface area contributed by atoms with Gasteiger partial charge in [0.25, 0.3) is 0 Å². The minimum Gasteiger partial charge on any atom is -0.506 e. The van der Waals surface area contributed by atoms with Crippen molar-refractivity contribution in [2.75, 3.05) is 16.8 Å². The maximum Gasteiger partial charge on any atom is 0.315 e. The van der Waals surface area contributed by atoms with Gasteiger partial charge in [-0.15, -0.1) is 0 Å². The molecule has 0 unspecified atom stereocenters. The van der Waals surface area contributed by atoms with E-state index < -0.39 is 33.9 Å². The van der Waals surface area contributed by atoms with Crippen LogP contribution in [0.25, 0.3) is 0 Å². The smallest absolute Gasteiger partial charge is 0.315 e. The quantitative estimate of drug-likeness (QED) is 0.581. The van der Waals surface area contributed by atoms with Gasteiger partial charge in [0.1, 0.15) is 11.8 Å². The summed E-state index contributed by atoms with van der Waals surface area (Å²) in [6.45, 7) is 1.46. The van der Waals surface area contributed by atoms with Crippen LogP contribution in [0.2, 0.25) is 5.02 Å². The lowest BCUT2D eigenvalue weighted by Gasteiger charge is -2.17. The Kier molecular flexibility index (Phi) is 5.55. The third kappa shape index (κ3) is 5.00. The number of amides is 3. The lowest BCUT2D eigenvalue weighted by molar-refractivity contribution is -0.117. The minimum absolute atomic E-state index is 0.0437. The van der Waals surface area contributed by atoms with E-state index in [4.69, 9.17) is 11.6 Å². The molecule has 0 aliphatic carbocycles. The van der Waals surface area contributed by atoms with E-state index in [2.05, 4.69) is 16.0 Å². The number of halogens is 1. The highest BCUT2D eigenvalue weighted by molar-refractivity contribution is 7.91. The van der Waals surface area contributed by atoms with Gasteiger partial charge >= 0.3 is 6.03 Å². The number of phenols is 1. The van der Waals surface area contributed by atoms with Crippen molar-refractivity contribution in [3.05, 3.63) is 23.2 Å². The van der Waals surface area contributed by atoms with Crippen molar-refractivity contribution in [3.63, 3.8) is 0 Å². The molecule has 1 aromatic rings. The number of hydrogen-bond donors (Lipinski definition) is 4. The van der Waals surface area contributed by atoms with E-state index in [0.717, 1.165) is 0 Å². The van der Waals surface area contributed by atoms with Gasteiger partial charge in [-0.1, -0.05) is 11.6 Å². The molecule has 0 radical (unpaired) electrons. The Balaban J connectivity index is 1.87. The number of urea groups is 1. The Bertz CT molecular complexity index is 753. The van der Waals surface area contributed by atoms with Gasteiger partial charge in [0.15, 0.2) is 9.84 Å². The highest BCUT2D eigenvalue weighted by atomic mass is 35.5. The molecular weight excluding hydrogens is 358 g/mol. The first-order valence-electron chi connectivity index (χ1n) is 7.23. The van der Waals surface area contributed by atoms with Crippen molar-refractivity contribution in [1.82, 2.24) is 10.6 Å². The standard InChI is InChI=1S/C14H18ClN3O5S/c1-8(13(20)18-11-6-9(15)2-3-12(11)19)16-14(21)17-10-4-5-24(22,23)7-10/h2-3,6,8,10,19H,4-5,7H2,1H3,(H,18,20)(H2,16,17,21)/t8-,10-/m0/s1. The van der Waals surface area contributed by atoms with Gasteiger partial charge < -0.3 is 21.1 Å². The molecule has 1 fully saturated rings. The molecule has 4 N–H and O–H groups in total. The molecule has 1 aliphatic heterocycles. The minimum atomic E-state index is -3.10. The van der Waals surface area contributed by atoms with Crippen LogP contribution in [0, 0.1) is 0 Å². The fourth-order valence-electron chi connectivity index (χ4n) is 2.25. The van der Waals surface area contributed by atoms with E-state index in [1.807, 2.05) is 0 Å². The lowest BCUT2D eigenvalue weighted by atomic mass is 10.2. The topological polar surface area (TPSA) is 125 Å². The molecule has 0 spiro atoms. The van der Waals surface area contributed by atoms with Crippen LogP contribution < -0.4 is 16.0 Å². The molecule has 1 aromatic carbocycles. The molecule has 0 aromatic heterocycles. The first-order chi connectivity index (χ1) is 11.2. The van der Waals surface area contributed by atoms with Crippen LogP contribution in [0.5, 0.6) is 5.75 Å². The summed E-state index contributed by atoms with van der Waals surface area (Å²) >= 11 is 5.79. The van der Waals surface area contributed by atoms with Gasteiger partial charge in [-0.3, -0.25) is 4.79 Å². The van der Waals surface area contributed by atoms with Gasteiger partial charge in [0, 0.05) is 11.1 Å². The largest absolute Gasteiger partial charge is 0.506 e. The molecule has 1 aliphatic rings. The van der Waals surface area contributed by atoms with Crippen LogP contribution >= 0.6 is 11.6 Å². The van der Waals surface area contributed by atoms with Crippen molar-refractivity contribution in [3.8, 4) is 5.75 Å². The number of benzene rings is 1. The normalized spacial score (nSPS) is 20.2. The molecule has 3 amide bonds. The number of hydrogen-bond acceptors (Lipinski definition) is 5. The molecule has 0 bridgehead atoms. The predicted molar refractivity (Wildman–Crippen MR) is 89.9 cm³/mol. The molecule has 10 heteroatoms. The number of aromatic hydroxyl groups is 1. The van der Waals surface area contributed by atoms with Gasteiger partial charge in [-0.05, 0) is 31.5 Å². The zero-order chi connectivity index (χ0) is 17.9. The van der Waals surface area contributed by atoms with Crippen molar-refractivity contribution in [2.24, 2.45) is 0 Å². The first-order valence-corrected chi connectivity index (χ1v) is 9.43. The fraction of sp³-hybridized carbons (Fsp3) is 0.429. The molecular formula is C14H18ClN3O5S. The summed E-state index contributed by atoms with van der Waals surface area (Å²) in [6.07, 6.45) is 0.354. The van der Waals surface area contributed by atoms with Gasteiger partial charge in [0.2, 0.25) is 5.91 Å².